The van der Waals surface area contributed by atoms with Crippen LogP contribution >= 0.6 is 15.9 Å². The summed E-state index contributed by atoms with van der Waals surface area (Å²) in [6.45, 7) is 1.55. The van der Waals surface area contributed by atoms with Gasteiger partial charge < -0.3 is 15.0 Å². The van der Waals surface area contributed by atoms with Crippen LogP contribution in [-0.4, -0.2) is 43.0 Å². The zero-order valence-corrected chi connectivity index (χ0v) is 18.8. The molecule has 1 saturated carbocycles. The Morgan fingerprint density at radius 2 is 1.70 bits per heavy atom. The molecule has 0 spiro atoms. The smallest absolute Gasteiger partial charge is 0.245 e. The highest BCUT2D eigenvalue weighted by atomic mass is 79.9. The van der Waals surface area contributed by atoms with Crippen molar-refractivity contribution in [3.8, 4) is 5.75 Å². The van der Waals surface area contributed by atoms with Crippen LogP contribution in [0.2, 0.25) is 0 Å². The van der Waals surface area contributed by atoms with Crippen molar-refractivity contribution in [1.82, 2.24) is 10.2 Å². The monoisotopic (exact) mass is 470 g/mol. The summed E-state index contributed by atoms with van der Waals surface area (Å²) in [5.74, 6) is 0.740. The van der Waals surface area contributed by atoms with Gasteiger partial charge in [0, 0.05) is 24.0 Å². The van der Waals surface area contributed by atoms with E-state index in [2.05, 4.69) is 21.2 Å². The first kappa shape index (κ1) is 20.9. The number of rotatable bonds is 7. The number of carbonyl (C=O) groups excluding carboxylic acids is 2. The molecule has 0 bridgehead atoms. The lowest BCUT2D eigenvalue weighted by Gasteiger charge is -2.26. The Hall–Kier alpha value is -2.34. The summed E-state index contributed by atoms with van der Waals surface area (Å²) in [5.41, 5.74) is 1.48. The zero-order chi connectivity index (χ0) is 21.1. The molecule has 6 heteroatoms. The summed E-state index contributed by atoms with van der Waals surface area (Å²) in [6.07, 6.45) is 4.15. The fourth-order valence-corrected chi connectivity index (χ4v) is 4.46. The van der Waals surface area contributed by atoms with Gasteiger partial charge in [-0.2, -0.15) is 0 Å². The first-order chi connectivity index (χ1) is 14.5. The summed E-state index contributed by atoms with van der Waals surface area (Å²) >= 11 is 3.45. The molecule has 1 atom stereocenters. The van der Waals surface area contributed by atoms with Gasteiger partial charge in [0.2, 0.25) is 11.8 Å². The Bertz CT molecular complexity index is 901. The molecule has 0 unspecified atom stereocenters. The van der Waals surface area contributed by atoms with E-state index in [4.69, 9.17) is 4.74 Å². The van der Waals surface area contributed by atoms with Crippen LogP contribution in [0, 0.1) is 0 Å². The van der Waals surface area contributed by atoms with Gasteiger partial charge in [0.1, 0.15) is 11.8 Å². The highest BCUT2D eigenvalue weighted by Gasteiger charge is 2.52. The molecule has 1 aliphatic carbocycles. The minimum absolute atomic E-state index is 0.0225. The normalized spacial score (nSPS) is 18.0. The standard InChI is InChI=1S/C24H27BrN2O3/c1-30-20-10-6-18(7-11-20)24(12-13-24)23(29)26-21(22(28)27-14-2-3-15-27)16-17-4-8-19(25)9-5-17/h4-11,21H,2-3,12-16H2,1H3,(H,26,29)/t21-/m0/s1. The number of halogens is 1. The third-order valence-electron chi connectivity index (χ3n) is 6.20. The van der Waals surface area contributed by atoms with Gasteiger partial charge in [-0.15, -0.1) is 0 Å². The van der Waals surface area contributed by atoms with Gasteiger partial charge in [-0.25, -0.2) is 0 Å². The first-order valence-corrected chi connectivity index (χ1v) is 11.3. The molecule has 1 N–H and O–H groups in total. The van der Waals surface area contributed by atoms with Crippen LogP contribution in [0.25, 0.3) is 0 Å². The molecule has 2 aromatic rings. The van der Waals surface area contributed by atoms with Gasteiger partial charge in [-0.1, -0.05) is 40.2 Å². The van der Waals surface area contributed by atoms with Crippen molar-refractivity contribution in [3.63, 3.8) is 0 Å². The van der Waals surface area contributed by atoms with E-state index >= 15 is 0 Å². The SMILES string of the molecule is COc1ccc(C2(C(=O)N[C@@H](Cc3ccc(Br)cc3)C(=O)N3CCCC3)CC2)cc1. The molecule has 5 nitrogen and oxygen atoms in total. The molecule has 2 aromatic carbocycles. The summed E-state index contributed by atoms with van der Waals surface area (Å²) in [7, 11) is 1.63. The molecule has 1 heterocycles. The van der Waals surface area contributed by atoms with Crippen LogP contribution in [0.5, 0.6) is 5.75 Å². The van der Waals surface area contributed by atoms with Crippen molar-refractivity contribution < 1.29 is 14.3 Å². The van der Waals surface area contributed by atoms with Gasteiger partial charge in [-0.3, -0.25) is 9.59 Å². The maximum absolute atomic E-state index is 13.3. The van der Waals surface area contributed by atoms with Crippen LogP contribution in [0.15, 0.2) is 53.0 Å². The van der Waals surface area contributed by atoms with E-state index in [1.54, 1.807) is 7.11 Å². The number of hydrogen-bond acceptors (Lipinski definition) is 3. The Labute approximate surface area is 185 Å². The molecule has 30 heavy (non-hydrogen) atoms. The highest BCUT2D eigenvalue weighted by molar-refractivity contribution is 9.10. The molecule has 2 aliphatic rings. The first-order valence-electron chi connectivity index (χ1n) is 10.5. The number of likely N-dealkylation sites (tertiary alicyclic amines) is 1. The van der Waals surface area contributed by atoms with Crippen LogP contribution in [-0.2, 0) is 21.4 Å². The third kappa shape index (κ3) is 4.38. The van der Waals surface area contributed by atoms with Crippen LogP contribution in [0.3, 0.4) is 0 Å². The Kier molecular flexibility index (Phi) is 6.14. The minimum Gasteiger partial charge on any atom is -0.497 e. The van der Waals surface area contributed by atoms with Crippen molar-refractivity contribution in [2.24, 2.45) is 0 Å². The van der Waals surface area contributed by atoms with Gasteiger partial charge in [0.05, 0.1) is 12.5 Å². The molecule has 2 fully saturated rings. The van der Waals surface area contributed by atoms with Crippen LogP contribution in [0.1, 0.15) is 36.8 Å². The van der Waals surface area contributed by atoms with Crippen molar-refractivity contribution in [1.29, 1.82) is 0 Å². The van der Waals surface area contributed by atoms with Gasteiger partial charge in [0.15, 0.2) is 0 Å². The van der Waals surface area contributed by atoms with Crippen molar-refractivity contribution in [2.75, 3.05) is 20.2 Å². The summed E-state index contributed by atoms with van der Waals surface area (Å²) in [5, 5.41) is 3.11. The number of ether oxygens (including phenoxy) is 1. The summed E-state index contributed by atoms with van der Waals surface area (Å²) < 4.78 is 6.23. The topological polar surface area (TPSA) is 58.6 Å². The maximum Gasteiger partial charge on any atom is 0.245 e. The Morgan fingerprint density at radius 1 is 1.07 bits per heavy atom. The second-order valence-electron chi connectivity index (χ2n) is 8.20. The van der Waals surface area contributed by atoms with Gasteiger partial charge in [0.25, 0.3) is 0 Å². The number of amides is 2. The largest absolute Gasteiger partial charge is 0.497 e. The number of nitrogens with one attached hydrogen (secondary N) is 1. The second-order valence-corrected chi connectivity index (χ2v) is 9.12. The van der Waals surface area contributed by atoms with Crippen molar-refractivity contribution in [3.05, 3.63) is 64.1 Å². The molecule has 0 radical (unpaired) electrons. The third-order valence-corrected chi connectivity index (χ3v) is 6.73. The van der Waals surface area contributed by atoms with E-state index in [-0.39, 0.29) is 11.8 Å². The van der Waals surface area contributed by atoms with E-state index in [1.165, 1.54) is 0 Å². The lowest BCUT2D eigenvalue weighted by atomic mass is 9.94. The number of nitrogens with zero attached hydrogens (tertiary/aromatic N) is 1. The molecular weight excluding hydrogens is 444 g/mol. The Balaban J connectivity index is 1.53. The van der Waals surface area contributed by atoms with Crippen molar-refractivity contribution >= 4 is 27.7 Å². The van der Waals surface area contributed by atoms with Gasteiger partial charge in [-0.05, 0) is 61.1 Å². The minimum atomic E-state index is -0.549. The second kappa shape index (κ2) is 8.80. The quantitative estimate of drug-likeness (QED) is 0.668. The lowest BCUT2D eigenvalue weighted by Crippen LogP contribution is -2.51. The van der Waals surface area contributed by atoms with Crippen molar-refractivity contribution in [2.45, 2.75) is 43.6 Å². The van der Waals surface area contributed by atoms with E-state index < -0.39 is 11.5 Å². The predicted octanol–water partition coefficient (Wildman–Crippen LogP) is 3.84. The summed E-state index contributed by atoms with van der Waals surface area (Å²) in [6, 6.07) is 15.1. The maximum atomic E-state index is 13.3. The number of benzene rings is 2. The lowest BCUT2D eigenvalue weighted by molar-refractivity contribution is -0.136. The molecule has 1 saturated heterocycles. The molecule has 158 valence electrons. The fourth-order valence-electron chi connectivity index (χ4n) is 4.19. The fraction of sp³-hybridized carbons (Fsp3) is 0.417. The van der Waals surface area contributed by atoms with E-state index in [0.29, 0.717) is 6.42 Å². The highest BCUT2D eigenvalue weighted by Crippen LogP contribution is 2.48. The van der Waals surface area contributed by atoms with Crippen LogP contribution in [0.4, 0.5) is 0 Å². The molecule has 4 rings (SSSR count). The Morgan fingerprint density at radius 3 is 2.27 bits per heavy atom. The number of methoxy groups -OCH3 is 1. The number of carbonyl (C=O) groups is 2. The average molecular weight is 471 g/mol. The summed E-state index contributed by atoms with van der Waals surface area (Å²) in [4.78, 5) is 28.4. The van der Waals surface area contributed by atoms with Gasteiger partial charge >= 0.3 is 0 Å². The van der Waals surface area contributed by atoms with E-state index in [1.807, 2.05) is 53.4 Å². The van der Waals surface area contributed by atoms with Crippen LogP contribution < -0.4 is 10.1 Å². The zero-order valence-electron chi connectivity index (χ0n) is 17.2. The molecule has 1 aliphatic heterocycles. The molecule has 0 aromatic heterocycles. The molecular formula is C24H27BrN2O3. The predicted molar refractivity (Wildman–Crippen MR) is 119 cm³/mol. The number of hydrogen-bond donors (Lipinski definition) is 1. The molecule has 2 amide bonds. The van der Waals surface area contributed by atoms with E-state index in [0.717, 1.165) is 60.1 Å². The van der Waals surface area contributed by atoms with E-state index in [9.17, 15) is 9.59 Å². The average Bonchev–Trinajstić information content (AvgIpc) is 3.40.